The zero-order valence-corrected chi connectivity index (χ0v) is 12.4. The van der Waals surface area contributed by atoms with Gasteiger partial charge in [-0.1, -0.05) is 5.16 Å². The zero-order chi connectivity index (χ0) is 16.1. The second-order valence-corrected chi connectivity index (χ2v) is 5.88. The first-order chi connectivity index (χ1) is 10.3. The van der Waals surface area contributed by atoms with Crippen LogP contribution < -0.4 is 5.73 Å². The number of rotatable bonds is 2. The Hall–Kier alpha value is -2.00. The van der Waals surface area contributed by atoms with Crippen LogP contribution >= 0.6 is 11.3 Å². The summed E-state index contributed by atoms with van der Waals surface area (Å²) in [5.41, 5.74) is 5.51. The fourth-order valence-electron chi connectivity index (χ4n) is 1.97. The monoisotopic (exact) mass is 328 g/mol. The molecule has 0 fully saturated rings. The lowest BCUT2D eigenvalue weighted by Crippen LogP contribution is -2.06. The molecule has 3 aromatic rings. The molecular weight excluding hydrogens is 317 g/mol. The molecule has 3 heterocycles. The fraction of sp³-hybridized carbons (Fsp3) is 0.308. The highest BCUT2D eigenvalue weighted by atomic mass is 32.1. The molecule has 22 heavy (non-hydrogen) atoms. The van der Waals surface area contributed by atoms with Gasteiger partial charge in [-0.15, -0.1) is 11.3 Å². The van der Waals surface area contributed by atoms with Gasteiger partial charge in [-0.05, 0) is 25.5 Å². The lowest BCUT2D eigenvalue weighted by atomic mass is 10.1. The molecule has 0 bridgehead atoms. The molecule has 0 radical (unpaired) electrons. The Labute approximate surface area is 127 Å². The number of fused-ring (bicyclic) bond motifs is 1. The van der Waals surface area contributed by atoms with E-state index < -0.39 is 11.7 Å². The van der Waals surface area contributed by atoms with Gasteiger partial charge in [-0.2, -0.15) is 18.2 Å². The van der Waals surface area contributed by atoms with E-state index >= 15 is 0 Å². The van der Waals surface area contributed by atoms with Crippen LogP contribution in [0.3, 0.4) is 0 Å². The lowest BCUT2D eigenvalue weighted by Gasteiger charge is -2.05. The molecule has 3 aromatic heterocycles. The fourth-order valence-corrected chi connectivity index (χ4v) is 3.02. The first kappa shape index (κ1) is 14.9. The first-order valence-corrected chi connectivity index (χ1v) is 7.15. The van der Waals surface area contributed by atoms with Crippen molar-refractivity contribution in [1.29, 1.82) is 0 Å². The SMILES string of the molecule is Cc1c(-c2nc(C(C)N)no2)sc2ncc(C(F)(F)F)cc12. The van der Waals surface area contributed by atoms with Crippen molar-refractivity contribution in [3.63, 3.8) is 0 Å². The van der Waals surface area contributed by atoms with Crippen LogP contribution in [0.5, 0.6) is 0 Å². The van der Waals surface area contributed by atoms with Gasteiger partial charge >= 0.3 is 6.18 Å². The number of thiophene rings is 1. The minimum Gasteiger partial charge on any atom is -0.333 e. The highest BCUT2D eigenvalue weighted by Gasteiger charge is 2.32. The number of nitrogens with zero attached hydrogens (tertiary/aromatic N) is 3. The number of hydrogen-bond donors (Lipinski definition) is 1. The molecule has 5 nitrogen and oxygen atoms in total. The van der Waals surface area contributed by atoms with E-state index in [9.17, 15) is 13.2 Å². The van der Waals surface area contributed by atoms with Crippen LogP contribution in [0.2, 0.25) is 0 Å². The van der Waals surface area contributed by atoms with Crippen LogP contribution in [-0.4, -0.2) is 15.1 Å². The van der Waals surface area contributed by atoms with Crippen LogP contribution in [-0.2, 0) is 6.18 Å². The highest BCUT2D eigenvalue weighted by molar-refractivity contribution is 7.22. The molecule has 1 unspecified atom stereocenters. The third-order valence-corrected chi connectivity index (χ3v) is 4.37. The molecule has 0 aromatic carbocycles. The van der Waals surface area contributed by atoms with Crippen molar-refractivity contribution in [1.82, 2.24) is 15.1 Å². The summed E-state index contributed by atoms with van der Waals surface area (Å²) in [5.74, 6) is 0.581. The van der Waals surface area contributed by atoms with Crippen molar-refractivity contribution < 1.29 is 17.7 Å². The molecule has 1 atom stereocenters. The van der Waals surface area contributed by atoms with Crippen LogP contribution in [0.15, 0.2) is 16.8 Å². The van der Waals surface area contributed by atoms with Gasteiger partial charge in [-0.3, -0.25) is 0 Å². The van der Waals surface area contributed by atoms with Crippen LogP contribution in [0, 0.1) is 6.92 Å². The summed E-state index contributed by atoms with van der Waals surface area (Å²) in [6, 6.07) is 0.697. The quantitative estimate of drug-likeness (QED) is 0.776. The second-order valence-electron chi connectivity index (χ2n) is 4.88. The smallest absolute Gasteiger partial charge is 0.333 e. The Balaban J connectivity index is 2.13. The summed E-state index contributed by atoms with van der Waals surface area (Å²) in [6.45, 7) is 3.41. The molecule has 0 aliphatic carbocycles. The number of pyridine rings is 1. The molecule has 9 heteroatoms. The Morgan fingerprint density at radius 3 is 2.68 bits per heavy atom. The van der Waals surface area contributed by atoms with Crippen LogP contribution in [0.1, 0.15) is 29.9 Å². The molecule has 0 aliphatic heterocycles. The average molecular weight is 328 g/mol. The highest BCUT2D eigenvalue weighted by Crippen LogP contribution is 2.39. The summed E-state index contributed by atoms with van der Waals surface area (Å²) in [6.07, 6.45) is -3.61. The van der Waals surface area contributed by atoms with Gasteiger partial charge in [0.05, 0.1) is 16.5 Å². The Morgan fingerprint density at radius 1 is 1.36 bits per heavy atom. The van der Waals surface area contributed by atoms with Crippen LogP contribution in [0.4, 0.5) is 13.2 Å². The topological polar surface area (TPSA) is 77.8 Å². The summed E-state index contributed by atoms with van der Waals surface area (Å²) >= 11 is 1.21. The van der Waals surface area contributed by atoms with Crippen molar-refractivity contribution >= 4 is 21.6 Å². The maximum atomic E-state index is 12.8. The predicted molar refractivity (Wildman–Crippen MR) is 75.3 cm³/mol. The van der Waals surface area contributed by atoms with Gasteiger partial charge < -0.3 is 10.3 Å². The van der Waals surface area contributed by atoms with Crippen LogP contribution in [0.25, 0.3) is 21.0 Å². The van der Waals surface area contributed by atoms with Gasteiger partial charge in [0.2, 0.25) is 0 Å². The lowest BCUT2D eigenvalue weighted by molar-refractivity contribution is -0.137. The van der Waals surface area contributed by atoms with Crippen molar-refractivity contribution in [2.24, 2.45) is 5.73 Å². The maximum Gasteiger partial charge on any atom is 0.417 e. The molecule has 116 valence electrons. The largest absolute Gasteiger partial charge is 0.417 e. The number of aromatic nitrogens is 3. The second kappa shape index (κ2) is 5.03. The molecule has 0 amide bonds. The van der Waals surface area contributed by atoms with E-state index in [1.54, 1.807) is 13.8 Å². The maximum absolute atomic E-state index is 12.8. The Kier molecular flexibility index (Phi) is 3.41. The molecule has 0 aliphatic rings. The zero-order valence-electron chi connectivity index (χ0n) is 11.6. The Morgan fingerprint density at radius 2 is 2.09 bits per heavy atom. The third kappa shape index (κ3) is 2.46. The number of aryl methyl sites for hydroxylation is 1. The van der Waals surface area contributed by atoms with E-state index in [4.69, 9.17) is 10.3 Å². The third-order valence-electron chi connectivity index (χ3n) is 3.17. The summed E-state index contributed by atoms with van der Waals surface area (Å²) < 4.78 is 43.5. The van der Waals surface area contributed by atoms with Gasteiger partial charge in [0.15, 0.2) is 5.82 Å². The molecule has 0 saturated heterocycles. The van der Waals surface area contributed by atoms with Gasteiger partial charge in [0.1, 0.15) is 4.83 Å². The van der Waals surface area contributed by atoms with Gasteiger partial charge in [-0.25, -0.2) is 4.98 Å². The molecule has 0 saturated carbocycles. The van der Waals surface area contributed by atoms with E-state index in [1.807, 2.05) is 0 Å². The van der Waals surface area contributed by atoms with E-state index in [-0.39, 0.29) is 11.9 Å². The minimum atomic E-state index is -4.43. The summed E-state index contributed by atoms with van der Waals surface area (Å²) in [4.78, 5) is 9.13. The van der Waals surface area contributed by atoms with Crippen molar-refractivity contribution in [3.05, 3.63) is 29.2 Å². The Bertz CT molecular complexity index is 838. The average Bonchev–Trinajstić information content (AvgIpc) is 3.03. The number of hydrogen-bond acceptors (Lipinski definition) is 6. The van der Waals surface area contributed by atoms with Crippen molar-refractivity contribution in [2.75, 3.05) is 0 Å². The number of alkyl halides is 3. The number of halogens is 3. The van der Waals surface area contributed by atoms with E-state index in [0.717, 1.165) is 12.3 Å². The molecule has 3 rings (SSSR count). The summed E-state index contributed by atoms with van der Waals surface area (Å²) in [5, 5.41) is 4.18. The van der Waals surface area contributed by atoms with Gasteiger partial charge in [0.25, 0.3) is 5.89 Å². The molecule has 0 spiro atoms. The molecular formula is C13H11F3N4OS. The van der Waals surface area contributed by atoms with Gasteiger partial charge in [0, 0.05) is 11.6 Å². The van der Waals surface area contributed by atoms with E-state index in [0.29, 0.717) is 26.5 Å². The first-order valence-electron chi connectivity index (χ1n) is 6.33. The van der Waals surface area contributed by atoms with Crippen molar-refractivity contribution in [3.8, 4) is 10.8 Å². The van der Waals surface area contributed by atoms with E-state index in [1.165, 1.54) is 11.3 Å². The normalized spacial score (nSPS) is 13.7. The molecule has 2 N–H and O–H groups in total. The number of nitrogens with two attached hydrogens (primary N) is 1. The summed E-state index contributed by atoms with van der Waals surface area (Å²) in [7, 11) is 0. The predicted octanol–water partition coefficient (Wildman–Crippen LogP) is 3.69. The standard InChI is InChI=1S/C13H11F3N4OS/c1-5-8-3-7(13(14,15)16)4-18-12(8)22-9(5)11-19-10(6(2)17)20-21-11/h3-4,6H,17H2,1-2H3. The van der Waals surface area contributed by atoms with E-state index in [2.05, 4.69) is 15.1 Å². The van der Waals surface area contributed by atoms with Crippen molar-refractivity contribution in [2.45, 2.75) is 26.1 Å². The minimum absolute atomic E-state index is 0.237.